The molecule has 0 aromatic carbocycles. The minimum absolute atomic E-state index is 0. The topological polar surface area (TPSA) is 66.6 Å². The van der Waals surface area contributed by atoms with Crippen molar-refractivity contribution in [3.63, 3.8) is 0 Å². The quantitative estimate of drug-likeness (QED) is 0.760. The summed E-state index contributed by atoms with van der Waals surface area (Å²) in [7, 11) is -0.0854. The summed E-state index contributed by atoms with van der Waals surface area (Å²) in [5, 5.41) is 0. The summed E-state index contributed by atoms with van der Waals surface area (Å²) in [4.78, 5) is 0. The van der Waals surface area contributed by atoms with Gasteiger partial charge in [0, 0.05) is 33.2 Å². The zero-order chi connectivity index (χ0) is 11.2. The van der Waals surface area contributed by atoms with Gasteiger partial charge in [0.2, 0.25) is 0 Å². The van der Waals surface area contributed by atoms with Crippen molar-refractivity contribution in [3.05, 3.63) is 0 Å². The summed E-state index contributed by atoms with van der Waals surface area (Å²) in [5.41, 5.74) is 5.97. The minimum atomic E-state index is -3.23. The fourth-order valence-electron chi connectivity index (χ4n) is 2.69. The highest BCUT2D eigenvalue weighted by Crippen LogP contribution is 2.38. The zero-order valence-corrected chi connectivity index (χ0v) is 11.3. The summed E-state index contributed by atoms with van der Waals surface area (Å²) < 4.78 is 26.6. The van der Waals surface area contributed by atoms with Crippen molar-refractivity contribution >= 4 is 22.6 Å². The van der Waals surface area contributed by atoms with Crippen molar-refractivity contribution in [3.8, 4) is 0 Å². The normalized spacial score (nSPS) is 35.1. The molecule has 2 N–H and O–H groups in total. The Morgan fingerprint density at radius 3 is 2.38 bits per heavy atom. The van der Waals surface area contributed by atoms with Gasteiger partial charge < -0.3 is 5.73 Å². The van der Waals surface area contributed by atoms with E-state index in [1.54, 1.807) is 18.4 Å². The van der Waals surface area contributed by atoms with Crippen molar-refractivity contribution in [1.29, 1.82) is 0 Å². The van der Waals surface area contributed by atoms with Crippen LogP contribution in [0.1, 0.15) is 12.8 Å². The number of fused-ring (bicyclic) bond motifs is 1. The SMILES string of the molecule is CN(C)S(=O)(=O)N1CC2CCC(N)C2C1.Cl. The van der Waals surface area contributed by atoms with E-state index in [0.29, 0.717) is 24.9 Å². The zero-order valence-electron chi connectivity index (χ0n) is 9.67. The molecule has 3 atom stereocenters. The van der Waals surface area contributed by atoms with E-state index in [-0.39, 0.29) is 18.4 Å². The number of nitrogens with zero attached hydrogens (tertiary/aromatic N) is 2. The third-order valence-corrected chi connectivity index (χ3v) is 5.54. The molecule has 96 valence electrons. The lowest BCUT2D eigenvalue weighted by Gasteiger charge is -2.22. The minimum Gasteiger partial charge on any atom is -0.327 e. The first kappa shape index (κ1) is 14.2. The summed E-state index contributed by atoms with van der Waals surface area (Å²) in [6.45, 7) is 1.26. The number of hydrogen-bond donors (Lipinski definition) is 1. The fourth-order valence-corrected chi connectivity index (χ4v) is 3.89. The first-order chi connectivity index (χ1) is 6.93. The van der Waals surface area contributed by atoms with E-state index in [2.05, 4.69) is 0 Å². The predicted molar refractivity (Wildman–Crippen MR) is 65.6 cm³/mol. The first-order valence-electron chi connectivity index (χ1n) is 5.36. The molecule has 1 saturated carbocycles. The molecule has 16 heavy (non-hydrogen) atoms. The van der Waals surface area contributed by atoms with Crippen LogP contribution in [0.4, 0.5) is 0 Å². The third-order valence-electron chi connectivity index (χ3n) is 3.67. The smallest absolute Gasteiger partial charge is 0.281 e. The summed E-state index contributed by atoms with van der Waals surface area (Å²) in [5.74, 6) is 0.856. The molecular weight excluding hydrogens is 250 g/mol. The molecule has 0 aromatic rings. The lowest BCUT2D eigenvalue weighted by atomic mass is 9.98. The third kappa shape index (κ3) is 2.22. The van der Waals surface area contributed by atoms with Gasteiger partial charge in [0.25, 0.3) is 10.2 Å². The molecule has 3 unspecified atom stereocenters. The molecule has 0 amide bonds. The second kappa shape index (κ2) is 4.78. The number of rotatable bonds is 2. The standard InChI is InChI=1S/C9H19N3O2S.ClH/c1-11(2)15(13,14)12-5-7-3-4-9(10)8(7)6-12;/h7-9H,3-6,10H2,1-2H3;1H. The molecule has 0 radical (unpaired) electrons. The Bertz CT molecular complexity index is 347. The van der Waals surface area contributed by atoms with Crippen LogP contribution in [-0.2, 0) is 10.2 Å². The monoisotopic (exact) mass is 269 g/mol. The Labute approximate surface area is 104 Å². The molecule has 2 fully saturated rings. The van der Waals surface area contributed by atoms with Gasteiger partial charge in [-0.05, 0) is 24.7 Å². The molecule has 0 bridgehead atoms. The van der Waals surface area contributed by atoms with Gasteiger partial charge in [0.1, 0.15) is 0 Å². The summed E-state index contributed by atoms with van der Waals surface area (Å²) >= 11 is 0. The van der Waals surface area contributed by atoms with Crippen LogP contribution in [0.15, 0.2) is 0 Å². The van der Waals surface area contributed by atoms with Gasteiger partial charge in [-0.15, -0.1) is 12.4 Å². The van der Waals surface area contributed by atoms with E-state index in [1.807, 2.05) is 0 Å². The van der Waals surface area contributed by atoms with Crippen molar-refractivity contribution in [2.45, 2.75) is 18.9 Å². The van der Waals surface area contributed by atoms with Gasteiger partial charge in [-0.3, -0.25) is 0 Å². The summed E-state index contributed by atoms with van der Waals surface area (Å²) in [6.07, 6.45) is 2.12. The van der Waals surface area contributed by atoms with Gasteiger partial charge in [0.15, 0.2) is 0 Å². The van der Waals surface area contributed by atoms with Crippen LogP contribution in [0.5, 0.6) is 0 Å². The van der Waals surface area contributed by atoms with Crippen LogP contribution < -0.4 is 5.73 Å². The van der Waals surface area contributed by atoms with Gasteiger partial charge in [-0.1, -0.05) is 0 Å². The van der Waals surface area contributed by atoms with Crippen LogP contribution in [0, 0.1) is 11.8 Å². The molecule has 1 saturated heterocycles. The Hall–Kier alpha value is 0.120. The van der Waals surface area contributed by atoms with Gasteiger partial charge in [-0.25, -0.2) is 0 Å². The van der Waals surface area contributed by atoms with Gasteiger partial charge in [-0.2, -0.15) is 17.0 Å². The highest BCUT2D eigenvalue weighted by atomic mass is 35.5. The molecule has 1 aliphatic heterocycles. The molecule has 1 aliphatic carbocycles. The Kier molecular flexibility index (Phi) is 4.23. The maximum Gasteiger partial charge on any atom is 0.281 e. The fraction of sp³-hybridized carbons (Fsp3) is 1.00. The predicted octanol–water partition coefficient (Wildman–Crippen LogP) is -0.116. The van der Waals surface area contributed by atoms with E-state index in [1.165, 1.54) is 4.31 Å². The molecule has 7 heteroatoms. The molecular formula is C9H20ClN3O2S. The van der Waals surface area contributed by atoms with Crippen molar-refractivity contribution in [2.75, 3.05) is 27.2 Å². The van der Waals surface area contributed by atoms with E-state index < -0.39 is 10.2 Å². The average molecular weight is 270 g/mol. The van der Waals surface area contributed by atoms with E-state index in [0.717, 1.165) is 12.8 Å². The van der Waals surface area contributed by atoms with Crippen LogP contribution >= 0.6 is 12.4 Å². The van der Waals surface area contributed by atoms with Crippen molar-refractivity contribution in [1.82, 2.24) is 8.61 Å². The highest BCUT2D eigenvalue weighted by molar-refractivity contribution is 7.86. The van der Waals surface area contributed by atoms with Gasteiger partial charge >= 0.3 is 0 Å². The van der Waals surface area contributed by atoms with Crippen LogP contribution in [0.25, 0.3) is 0 Å². The number of nitrogens with two attached hydrogens (primary N) is 1. The molecule has 2 rings (SSSR count). The molecule has 0 spiro atoms. The lowest BCUT2D eigenvalue weighted by molar-refractivity contribution is 0.393. The Balaban J connectivity index is 0.00000128. The largest absolute Gasteiger partial charge is 0.327 e. The van der Waals surface area contributed by atoms with Crippen LogP contribution in [0.3, 0.4) is 0 Å². The maximum atomic E-state index is 11.9. The van der Waals surface area contributed by atoms with Crippen LogP contribution in [-0.4, -0.2) is 50.3 Å². The highest BCUT2D eigenvalue weighted by Gasteiger charge is 2.45. The second-order valence-corrected chi connectivity index (χ2v) is 6.91. The molecule has 1 heterocycles. The first-order valence-corrected chi connectivity index (χ1v) is 6.76. The van der Waals surface area contributed by atoms with Crippen LogP contribution in [0.2, 0.25) is 0 Å². The lowest BCUT2D eigenvalue weighted by Crippen LogP contribution is -2.40. The number of hydrogen-bond acceptors (Lipinski definition) is 3. The van der Waals surface area contributed by atoms with Crippen molar-refractivity contribution < 1.29 is 8.42 Å². The van der Waals surface area contributed by atoms with E-state index in [4.69, 9.17) is 5.73 Å². The van der Waals surface area contributed by atoms with E-state index >= 15 is 0 Å². The van der Waals surface area contributed by atoms with E-state index in [9.17, 15) is 8.42 Å². The average Bonchev–Trinajstić information content (AvgIpc) is 2.68. The maximum absolute atomic E-state index is 11.9. The molecule has 0 aromatic heterocycles. The van der Waals surface area contributed by atoms with Crippen molar-refractivity contribution in [2.24, 2.45) is 17.6 Å². The Morgan fingerprint density at radius 1 is 1.25 bits per heavy atom. The second-order valence-electron chi connectivity index (χ2n) is 4.77. The Morgan fingerprint density at radius 2 is 1.88 bits per heavy atom. The summed E-state index contributed by atoms with van der Waals surface area (Å²) in [6, 6.07) is 0.192. The van der Waals surface area contributed by atoms with Gasteiger partial charge in [0.05, 0.1) is 0 Å². The molecule has 2 aliphatic rings. The molecule has 5 nitrogen and oxygen atoms in total. The number of halogens is 1.